The monoisotopic (exact) mass is 299 g/mol. The zero-order valence-corrected chi connectivity index (χ0v) is 10.4. The SMILES string of the molecule is O.O.O.O.[Mn].[SbH3].[Ti]. The molecule has 0 unspecified atom stereocenters. The van der Waals surface area contributed by atoms with Gasteiger partial charge in [-0.25, -0.2) is 0 Å². The van der Waals surface area contributed by atoms with Crippen molar-refractivity contribution in [3.8, 4) is 0 Å². The van der Waals surface area contributed by atoms with Crippen LogP contribution in [-0.2, 0) is 38.8 Å². The number of hydrogen-bond acceptors (Lipinski definition) is 0. The summed E-state index contributed by atoms with van der Waals surface area (Å²) in [6, 6.07) is 0. The molecule has 0 saturated carbocycles. The summed E-state index contributed by atoms with van der Waals surface area (Å²) in [6.07, 6.45) is 0. The topological polar surface area (TPSA) is 126 Å². The number of rotatable bonds is 0. The summed E-state index contributed by atoms with van der Waals surface area (Å²) in [5.41, 5.74) is 0. The third kappa shape index (κ3) is 76.5. The van der Waals surface area contributed by atoms with Gasteiger partial charge in [0.25, 0.3) is 0 Å². The van der Waals surface area contributed by atoms with E-state index in [2.05, 4.69) is 0 Å². The summed E-state index contributed by atoms with van der Waals surface area (Å²) >= 11 is 0. The van der Waals surface area contributed by atoms with Gasteiger partial charge in [0.2, 0.25) is 0 Å². The summed E-state index contributed by atoms with van der Waals surface area (Å²) in [4.78, 5) is 0. The molecule has 8 N–H and O–H groups in total. The van der Waals surface area contributed by atoms with Crippen molar-refractivity contribution in [1.82, 2.24) is 0 Å². The molecule has 1 radical (unpaired) electrons. The standard InChI is InChI=1S/Mn.4H2O.Sb.Ti.3H/h;4*1H2;;;;;. The molecule has 4 nitrogen and oxygen atoms in total. The third-order valence-electron chi connectivity index (χ3n) is 0. The van der Waals surface area contributed by atoms with E-state index in [0.717, 1.165) is 0 Å². The second kappa shape index (κ2) is 105. The summed E-state index contributed by atoms with van der Waals surface area (Å²) in [5, 5.41) is 0. The fourth-order valence-corrected chi connectivity index (χ4v) is 0. The molecule has 0 aromatic rings. The van der Waals surface area contributed by atoms with E-state index in [4.69, 9.17) is 0 Å². The minimum absolute atomic E-state index is 0. The Morgan fingerprint density at radius 2 is 0.571 bits per heavy atom. The first-order valence-electron chi connectivity index (χ1n) is 0. The van der Waals surface area contributed by atoms with Gasteiger partial charge < -0.3 is 21.9 Å². The zero-order valence-electron chi connectivity index (χ0n) is 3.59. The second-order valence-corrected chi connectivity index (χ2v) is 0. The van der Waals surface area contributed by atoms with E-state index in [-0.39, 0.29) is 85.1 Å². The molecule has 0 aromatic carbocycles. The predicted octanol–water partition coefficient (Wildman–Crippen LogP) is -4.49. The van der Waals surface area contributed by atoms with Gasteiger partial charge in [0.1, 0.15) is 0 Å². The van der Waals surface area contributed by atoms with Gasteiger partial charge in [-0.2, -0.15) is 0 Å². The van der Waals surface area contributed by atoms with Crippen LogP contribution in [-0.4, -0.2) is 46.3 Å². The Balaban J connectivity index is 0. The molecular weight excluding hydrogens is 289 g/mol. The quantitative estimate of drug-likeness (QED) is 0.400. The van der Waals surface area contributed by atoms with E-state index in [1.807, 2.05) is 0 Å². The molecule has 0 aliphatic heterocycles. The van der Waals surface area contributed by atoms with Crippen molar-refractivity contribution in [1.29, 1.82) is 0 Å². The first kappa shape index (κ1) is 155. The van der Waals surface area contributed by atoms with Crippen molar-refractivity contribution >= 4 is 24.4 Å². The van der Waals surface area contributed by atoms with Crippen molar-refractivity contribution in [2.75, 3.05) is 0 Å². The maximum Gasteiger partial charge on any atom is 0 e. The first-order valence-corrected chi connectivity index (χ1v) is 0. The van der Waals surface area contributed by atoms with Crippen LogP contribution in [0.3, 0.4) is 0 Å². The van der Waals surface area contributed by atoms with E-state index < -0.39 is 0 Å². The van der Waals surface area contributed by atoms with Gasteiger partial charge in [-0.15, -0.1) is 0 Å². The molecule has 0 fully saturated rings. The number of hydrogen-bond donors (Lipinski definition) is 0. The average Bonchev–Trinajstić information content (AvgIpc) is 0. The largest absolute Gasteiger partial charge is 0 e. The Morgan fingerprint density at radius 3 is 0.571 bits per heavy atom. The van der Waals surface area contributed by atoms with Gasteiger partial charge in [0.05, 0.1) is 0 Å². The van der Waals surface area contributed by atoms with Crippen molar-refractivity contribution in [2.45, 2.75) is 0 Å². The van der Waals surface area contributed by atoms with Crippen LogP contribution >= 0.6 is 0 Å². The van der Waals surface area contributed by atoms with Gasteiger partial charge in [-0.1, -0.05) is 0 Å². The fraction of sp³-hybridized carbons (Fsp3) is 0. The smallest absolute Gasteiger partial charge is 0 e. The summed E-state index contributed by atoms with van der Waals surface area (Å²) in [5.74, 6) is 0. The Morgan fingerprint density at radius 1 is 0.571 bits per heavy atom. The van der Waals surface area contributed by atoms with Crippen LogP contribution in [0.2, 0.25) is 0 Å². The molecule has 0 saturated heterocycles. The van der Waals surface area contributed by atoms with Crippen LogP contribution in [0, 0.1) is 0 Å². The molecule has 51 valence electrons. The van der Waals surface area contributed by atoms with Gasteiger partial charge >= 0.3 is 24.4 Å². The van der Waals surface area contributed by atoms with E-state index in [1.54, 1.807) is 0 Å². The van der Waals surface area contributed by atoms with E-state index >= 15 is 0 Å². The molecule has 0 rings (SSSR count). The molecule has 7 heteroatoms. The zero-order chi connectivity index (χ0) is 0. The molecule has 0 aliphatic carbocycles. The van der Waals surface area contributed by atoms with Crippen LogP contribution in [0.5, 0.6) is 0 Å². The Labute approximate surface area is 84.5 Å². The molecule has 0 spiro atoms. The van der Waals surface area contributed by atoms with Crippen LogP contribution in [0.15, 0.2) is 0 Å². The van der Waals surface area contributed by atoms with Crippen molar-refractivity contribution in [3.05, 3.63) is 0 Å². The maximum atomic E-state index is 0. The minimum atomic E-state index is 0. The van der Waals surface area contributed by atoms with Crippen molar-refractivity contribution in [2.24, 2.45) is 0 Å². The summed E-state index contributed by atoms with van der Waals surface area (Å²) in [7, 11) is 0. The Kier molecular flexibility index (Phi) is 2310. The second-order valence-electron chi connectivity index (χ2n) is 0. The normalized spacial score (nSPS) is 0. The van der Waals surface area contributed by atoms with Gasteiger partial charge in [0, 0.05) is 38.8 Å². The van der Waals surface area contributed by atoms with Crippen LogP contribution in [0.4, 0.5) is 0 Å². The predicted molar refractivity (Wildman–Crippen MR) is 24.4 cm³/mol. The molecule has 0 heterocycles. The minimum Gasteiger partial charge on any atom is 0 e. The molecule has 0 aromatic heterocycles. The molecule has 0 amide bonds. The van der Waals surface area contributed by atoms with E-state index in [0.29, 0.717) is 0 Å². The summed E-state index contributed by atoms with van der Waals surface area (Å²) in [6.45, 7) is 0. The average molecular weight is 300 g/mol. The molecule has 0 aliphatic rings. The van der Waals surface area contributed by atoms with Gasteiger partial charge in [0.15, 0.2) is 0 Å². The Bertz CT molecular complexity index is 11.7. The molecule has 0 atom stereocenters. The molecule has 0 bridgehead atoms. The fourth-order valence-electron chi connectivity index (χ4n) is 0. The molecule has 7 heavy (non-hydrogen) atoms. The first-order chi connectivity index (χ1) is 0. The Hall–Kier alpha value is 1.89. The van der Waals surface area contributed by atoms with Crippen LogP contribution in [0.25, 0.3) is 0 Å². The van der Waals surface area contributed by atoms with Crippen molar-refractivity contribution in [3.63, 3.8) is 0 Å². The van der Waals surface area contributed by atoms with Crippen LogP contribution < -0.4 is 0 Å². The van der Waals surface area contributed by atoms with Crippen molar-refractivity contribution < 1.29 is 60.7 Å². The van der Waals surface area contributed by atoms with Crippen LogP contribution in [0.1, 0.15) is 0 Å². The maximum absolute atomic E-state index is 0. The van der Waals surface area contributed by atoms with Gasteiger partial charge in [-0.05, 0) is 0 Å². The third-order valence-corrected chi connectivity index (χ3v) is 0. The van der Waals surface area contributed by atoms with E-state index in [9.17, 15) is 0 Å². The van der Waals surface area contributed by atoms with E-state index in [1.165, 1.54) is 0 Å². The molecular formula is H11MnO4SbTi. The van der Waals surface area contributed by atoms with Gasteiger partial charge in [-0.3, -0.25) is 0 Å². The summed E-state index contributed by atoms with van der Waals surface area (Å²) < 4.78 is 0.